The van der Waals surface area contributed by atoms with Gasteiger partial charge in [-0.3, -0.25) is 4.79 Å². The lowest BCUT2D eigenvalue weighted by atomic mass is 9.95. The van der Waals surface area contributed by atoms with Crippen LogP contribution in [0.4, 0.5) is 0 Å². The van der Waals surface area contributed by atoms with Gasteiger partial charge < -0.3 is 0 Å². The molecule has 0 bridgehead atoms. The van der Waals surface area contributed by atoms with E-state index in [9.17, 15) is 4.79 Å². The molecule has 0 heterocycles. The van der Waals surface area contributed by atoms with Gasteiger partial charge in [-0.05, 0) is 17.9 Å². The quantitative estimate of drug-likeness (QED) is 0.676. The number of fused-ring (bicyclic) bond motifs is 1. The summed E-state index contributed by atoms with van der Waals surface area (Å²) in [6.07, 6.45) is 5.71. The molecule has 0 aliphatic heterocycles. The largest absolute Gasteiger partial charge is 0.294 e. The molecule has 1 aromatic rings. The monoisotopic (exact) mass is 202 g/mol. The molecule has 0 saturated heterocycles. The van der Waals surface area contributed by atoms with Crippen LogP contribution in [-0.4, -0.2) is 5.78 Å². The standard InChI is InChI=1S/C14H18O/c1-2-3-4-7-11-10-14(15)13-9-6-5-8-12(11)13/h5-6,8-9,11H,2-4,7,10H2,1H3/t11-/m1/s1. The van der Waals surface area contributed by atoms with Gasteiger partial charge in [0.15, 0.2) is 5.78 Å². The van der Waals surface area contributed by atoms with Crippen LogP contribution in [0.15, 0.2) is 24.3 Å². The number of unbranched alkanes of at least 4 members (excludes halogenated alkanes) is 2. The van der Waals surface area contributed by atoms with Crippen LogP contribution in [0.25, 0.3) is 0 Å². The molecular formula is C14H18O. The third-order valence-corrected chi connectivity index (χ3v) is 3.29. The second-order valence-corrected chi connectivity index (χ2v) is 4.41. The lowest BCUT2D eigenvalue weighted by molar-refractivity contribution is 0.0988. The average molecular weight is 202 g/mol. The van der Waals surface area contributed by atoms with Gasteiger partial charge in [0.1, 0.15) is 0 Å². The predicted molar refractivity (Wildman–Crippen MR) is 62.3 cm³/mol. The third-order valence-electron chi connectivity index (χ3n) is 3.29. The topological polar surface area (TPSA) is 17.1 Å². The first-order valence-corrected chi connectivity index (χ1v) is 5.95. The fourth-order valence-corrected chi connectivity index (χ4v) is 2.45. The van der Waals surface area contributed by atoms with Crippen molar-refractivity contribution in [1.29, 1.82) is 0 Å². The number of rotatable bonds is 4. The molecule has 0 saturated carbocycles. The number of hydrogen-bond acceptors (Lipinski definition) is 1. The number of Topliss-reactive ketones (excluding diaryl/α,β-unsaturated/α-hetero) is 1. The molecule has 1 heteroatoms. The van der Waals surface area contributed by atoms with Gasteiger partial charge in [-0.15, -0.1) is 0 Å². The highest BCUT2D eigenvalue weighted by molar-refractivity contribution is 6.01. The Morgan fingerprint density at radius 2 is 2.07 bits per heavy atom. The van der Waals surface area contributed by atoms with Crippen molar-refractivity contribution in [2.75, 3.05) is 0 Å². The summed E-state index contributed by atoms with van der Waals surface area (Å²) in [7, 11) is 0. The molecule has 1 aliphatic rings. The van der Waals surface area contributed by atoms with Gasteiger partial charge >= 0.3 is 0 Å². The second kappa shape index (κ2) is 4.61. The molecule has 0 N–H and O–H groups in total. The van der Waals surface area contributed by atoms with Crippen molar-refractivity contribution >= 4 is 5.78 Å². The first-order valence-electron chi connectivity index (χ1n) is 5.95. The van der Waals surface area contributed by atoms with Crippen molar-refractivity contribution in [1.82, 2.24) is 0 Å². The molecular weight excluding hydrogens is 184 g/mol. The molecule has 1 aromatic carbocycles. The first kappa shape index (κ1) is 10.4. The lowest BCUT2D eigenvalue weighted by Gasteiger charge is -2.09. The van der Waals surface area contributed by atoms with E-state index >= 15 is 0 Å². The van der Waals surface area contributed by atoms with Crippen LogP contribution < -0.4 is 0 Å². The van der Waals surface area contributed by atoms with E-state index in [1.165, 1.54) is 31.2 Å². The molecule has 1 aliphatic carbocycles. The van der Waals surface area contributed by atoms with Crippen molar-refractivity contribution in [2.24, 2.45) is 0 Å². The van der Waals surface area contributed by atoms with E-state index in [4.69, 9.17) is 0 Å². The average Bonchev–Trinajstić information content (AvgIpc) is 2.58. The van der Waals surface area contributed by atoms with E-state index in [1.54, 1.807) is 0 Å². The van der Waals surface area contributed by atoms with E-state index in [2.05, 4.69) is 13.0 Å². The van der Waals surface area contributed by atoms with Gasteiger partial charge in [0, 0.05) is 12.0 Å². The Labute approximate surface area is 91.5 Å². The van der Waals surface area contributed by atoms with Gasteiger partial charge in [0.05, 0.1) is 0 Å². The molecule has 2 rings (SSSR count). The van der Waals surface area contributed by atoms with E-state index in [0.29, 0.717) is 11.7 Å². The summed E-state index contributed by atoms with van der Waals surface area (Å²) in [5.41, 5.74) is 2.26. The molecule has 1 nitrogen and oxygen atoms in total. The summed E-state index contributed by atoms with van der Waals surface area (Å²) >= 11 is 0. The Balaban J connectivity index is 2.08. The smallest absolute Gasteiger partial charge is 0.163 e. The summed E-state index contributed by atoms with van der Waals surface area (Å²) in [5.74, 6) is 0.840. The molecule has 80 valence electrons. The first-order chi connectivity index (χ1) is 7.33. The van der Waals surface area contributed by atoms with Crippen LogP contribution in [0, 0.1) is 0 Å². The highest BCUT2D eigenvalue weighted by Crippen LogP contribution is 2.36. The van der Waals surface area contributed by atoms with Gasteiger partial charge in [0.2, 0.25) is 0 Å². The minimum Gasteiger partial charge on any atom is -0.294 e. The maximum Gasteiger partial charge on any atom is 0.163 e. The molecule has 0 amide bonds. The number of hydrogen-bond donors (Lipinski definition) is 0. The maximum atomic E-state index is 11.7. The molecule has 0 unspecified atom stereocenters. The summed E-state index contributed by atoms with van der Waals surface area (Å²) in [5, 5.41) is 0. The summed E-state index contributed by atoms with van der Waals surface area (Å²) < 4.78 is 0. The Morgan fingerprint density at radius 3 is 2.87 bits per heavy atom. The van der Waals surface area contributed by atoms with E-state index in [-0.39, 0.29) is 0 Å². The van der Waals surface area contributed by atoms with E-state index < -0.39 is 0 Å². The van der Waals surface area contributed by atoms with Crippen molar-refractivity contribution in [3.63, 3.8) is 0 Å². The maximum absolute atomic E-state index is 11.7. The van der Waals surface area contributed by atoms with Gasteiger partial charge in [-0.25, -0.2) is 0 Å². The van der Waals surface area contributed by atoms with Crippen molar-refractivity contribution in [3.8, 4) is 0 Å². The van der Waals surface area contributed by atoms with Crippen LogP contribution in [0.2, 0.25) is 0 Å². The molecule has 0 spiro atoms. The van der Waals surface area contributed by atoms with Crippen molar-refractivity contribution in [2.45, 2.75) is 44.9 Å². The Morgan fingerprint density at radius 1 is 1.27 bits per heavy atom. The van der Waals surface area contributed by atoms with Crippen molar-refractivity contribution < 1.29 is 4.79 Å². The highest BCUT2D eigenvalue weighted by Gasteiger charge is 2.27. The molecule has 15 heavy (non-hydrogen) atoms. The zero-order valence-corrected chi connectivity index (χ0v) is 9.33. The fraction of sp³-hybridized carbons (Fsp3) is 0.500. The van der Waals surface area contributed by atoms with Crippen LogP contribution in [0.5, 0.6) is 0 Å². The molecule has 0 aromatic heterocycles. The van der Waals surface area contributed by atoms with Crippen LogP contribution >= 0.6 is 0 Å². The number of carbonyl (C=O) groups is 1. The van der Waals surface area contributed by atoms with Crippen molar-refractivity contribution in [3.05, 3.63) is 35.4 Å². The predicted octanol–water partition coefficient (Wildman–Crippen LogP) is 3.94. The van der Waals surface area contributed by atoms with Crippen LogP contribution in [0.3, 0.4) is 0 Å². The van der Waals surface area contributed by atoms with Crippen LogP contribution in [0.1, 0.15) is 60.9 Å². The SMILES string of the molecule is CCCCC[C@@H]1CC(=O)c2ccccc21. The van der Waals surface area contributed by atoms with Gasteiger partial charge in [-0.1, -0.05) is 50.5 Å². The number of ketones is 1. The third kappa shape index (κ3) is 2.11. The van der Waals surface area contributed by atoms with Crippen LogP contribution in [-0.2, 0) is 0 Å². The molecule has 1 atom stereocenters. The van der Waals surface area contributed by atoms with Gasteiger partial charge in [0.25, 0.3) is 0 Å². The Bertz CT molecular complexity index is 354. The second-order valence-electron chi connectivity index (χ2n) is 4.41. The minimum absolute atomic E-state index is 0.340. The summed E-state index contributed by atoms with van der Waals surface area (Å²) in [6, 6.07) is 8.10. The fourth-order valence-electron chi connectivity index (χ4n) is 2.45. The lowest BCUT2D eigenvalue weighted by Crippen LogP contribution is -1.94. The van der Waals surface area contributed by atoms with Gasteiger partial charge in [-0.2, -0.15) is 0 Å². The minimum atomic E-state index is 0.340. The summed E-state index contributed by atoms with van der Waals surface area (Å²) in [6.45, 7) is 2.22. The Kier molecular flexibility index (Phi) is 3.20. The Hall–Kier alpha value is -1.11. The molecule has 0 fully saturated rings. The summed E-state index contributed by atoms with van der Waals surface area (Å²) in [4.78, 5) is 11.7. The number of carbonyl (C=O) groups excluding carboxylic acids is 1. The zero-order valence-electron chi connectivity index (χ0n) is 9.33. The van der Waals surface area contributed by atoms with E-state index in [1.807, 2.05) is 18.2 Å². The molecule has 0 radical (unpaired) electrons. The highest BCUT2D eigenvalue weighted by atomic mass is 16.1. The normalized spacial score (nSPS) is 19.3. The number of benzene rings is 1. The van der Waals surface area contributed by atoms with E-state index in [0.717, 1.165) is 12.0 Å². The zero-order chi connectivity index (χ0) is 10.7.